The van der Waals surface area contributed by atoms with Crippen molar-refractivity contribution >= 4 is 28.5 Å². The summed E-state index contributed by atoms with van der Waals surface area (Å²) in [6.45, 7) is 4.17. The molecule has 0 aliphatic heterocycles. The maximum Gasteiger partial charge on any atom is 0.310 e. The van der Waals surface area contributed by atoms with Gasteiger partial charge in [0.05, 0.1) is 19.1 Å². The van der Waals surface area contributed by atoms with E-state index in [2.05, 4.69) is 17.2 Å². The molecule has 3 aromatic carbocycles. The summed E-state index contributed by atoms with van der Waals surface area (Å²) in [7, 11) is 3.13. The molecule has 0 radical (unpaired) electrons. The molecule has 3 fully saturated rings. The summed E-state index contributed by atoms with van der Waals surface area (Å²) < 4.78 is 24.9. The number of esters is 1. The second kappa shape index (κ2) is 9.42. The highest BCUT2D eigenvalue weighted by Crippen LogP contribution is 2.57. The Hall–Kier alpha value is -4.39. The van der Waals surface area contributed by atoms with Crippen LogP contribution in [-0.2, 0) is 16.0 Å². The molecule has 2 bridgehead atoms. The monoisotopic (exact) mass is 524 g/mol. The van der Waals surface area contributed by atoms with Gasteiger partial charge in [-0.05, 0) is 90.4 Å². The van der Waals surface area contributed by atoms with E-state index in [-0.39, 0.29) is 23.7 Å². The minimum atomic E-state index is -0.390. The van der Waals surface area contributed by atoms with Crippen molar-refractivity contribution in [2.24, 2.45) is 5.92 Å². The van der Waals surface area contributed by atoms with Gasteiger partial charge in [0.25, 0.3) is 5.91 Å². The number of hydrogen-bond acceptors (Lipinski definition) is 5. The Morgan fingerprint density at radius 3 is 2.46 bits per heavy atom. The highest BCUT2D eigenvalue weighted by molar-refractivity contribution is 6.01. The average molecular weight is 525 g/mol. The number of furan rings is 1. The maximum atomic E-state index is 13.7. The first-order valence-corrected chi connectivity index (χ1v) is 13.0. The molecule has 1 amide bonds. The molecule has 1 heterocycles. The van der Waals surface area contributed by atoms with Gasteiger partial charge in [-0.15, -0.1) is 0 Å². The van der Waals surface area contributed by atoms with E-state index in [9.17, 15) is 14.0 Å². The Morgan fingerprint density at radius 1 is 1.08 bits per heavy atom. The topological polar surface area (TPSA) is 80.6 Å². The zero-order valence-corrected chi connectivity index (χ0v) is 21.9. The molecule has 198 valence electrons. The van der Waals surface area contributed by atoms with Crippen LogP contribution >= 0.6 is 0 Å². The van der Waals surface area contributed by atoms with E-state index >= 15 is 0 Å². The molecule has 7 heteroatoms. The normalized spacial score (nSPS) is 19.1. The van der Waals surface area contributed by atoms with Gasteiger partial charge >= 0.3 is 5.97 Å². The number of carbonyl (C=O) groups excluding carboxylic acids is 2. The van der Waals surface area contributed by atoms with Crippen molar-refractivity contribution in [2.75, 3.05) is 14.2 Å². The van der Waals surface area contributed by atoms with Crippen molar-refractivity contribution in [3.05, 3.63) is 89.8 Å². The molecular weight excluding hydrogens is 495 g/mol. The fraction of sp³-hybridized carbons (Fsp3) is 0.250. The van der Waals surface area contributed by atoms with Crippen LogP contribution in [0.2, 0.25) is 0 Å². The second-order valence-electron chi connectivity index (χ2n) is 10.6. The van der Waals surface area contributed by atoms with Gasteiger partial charge in [0.15, 0.2) is 0 Å². The largest absolute Gasteiger partial charge is 0.469 e. The van der Waals surface area contributed by atoms with E-state index < -0.39 is 5.97 Å². The van der Waals surface area contributed by atoms with Gasteiger partial charge in [-0.25, -0.2) is 4.39 Å². The third-order valence-corrected chi connectivity index (χ3v) is 8.04. The molecule has 1 aromatic heterocycles. The number of nitrogens with one attached hydrogen (secondary N) is 2. The highest BCUT2D eigenvalue weighted by atomic mass is 19.1. The number of rotatable bonds is 8. The Kier molecular flexibility index (Phi) is 6.02. The van der Waals surface area contributed by atoms with E-state index in [1.807, 2.05) is 36.4 Å². The molecule has 0 unspecified atom stereocenters. The van der Waals surface area contributed by atoms with Crippen LogP contribution in [0.4, 0.5) is 4.39 Å². The molecule has 0 saturated heterocycles. The van der Waals surface area contributed by atoms with Gasteiger partial charge in [0.1, 0.15) is 17.2 Å². The molecule has 2 N–H and O–H groups in total. The van der Waals surface area contributed by atoms with Gasteiger partial charge in [-0.3, -0.25) is 9.59 Å². The minimum Gasteiger partial charge on any atom is -0.469 e. The Labute approximate surface area is 225 Å². The van der Waals surface area contributed by atoms with Gasteiger partial charge in [0, 0.05) is 34.8 Å². The SMILES string of the molecule is C=C(NC)c1c(-c2ccc(F)cc2)oc2cc(CC(=O)OC)c(-c3cccc(C(=O)NC45CC(C4)C5)c3)cc12. The van der Waals surface area contributed by atoms with Crippen molar-refractivity contribution in [1.29, 1.82) is 0 Å². The number of methoxy groups -OCH3 is 1. The third-order valence-electron chi connectivity index (χ3n) is 8.04. The van der Waals surface area contributed by atoms with Crippen LogP contribution in [0.5, 0.6) is 0 Å². The van der Waals surface area contributed by atoms with Crippen LogP contribution < -0.4 is 10.6 Å². The van der Waals surface area contributed by atoms with E-state index in [0.717, 1.165) is 47.3 Å². The number of benzene rings is 3. The predicted molar refractivity (Wildman–Crippen MR) is 148 cm³/mol. The van der Waals surface area contributed by atoms with Crippen LogP contribution in [-0.4, -0.2) is 31.6 Å². The molecule has 39 heavy (non-hydrogen) atoms. The van der Waals surface area contributed by atoms with Crippen molar-refractivity contribution in [2.45, 2.75) is 31.2 Å². The predicted octanol–water partition coefficient (Wildman–Crippen LogP) is 6.09. The summed E-state index contributed by atoms with van der Waals surface area (Å²) in [5, 5.41) is 7.10. The first kappa shape index (κ1) is 24.9. The lowest BCUT2D eigenvalue weighted by Crippen LogP contribution is -2.68. The van der Waals surface area contributed by atoms with Crippen molar-refractivity contribution in [1.82, 2.24) is 10.6 Å². The zero-order valence-electron chi connectivity index (χ0n) is 21.9. The summed E-state index contributed by atoms with van der Waals surface area (Å²) in [5.41, 5.74) is 5.45. The fourth-order valence-corrected chi connectivity index (χ4v) is 5.83. The molecule has 3 aliphatic carbocycles. The first-order valence-electron chi connectivity index (χ1n) is 13.0. The average Bonchev–Trinajstić information content (AvgIpc) is 3.27. The minimum absolute atomic E-state index is 0.0251. The van der Waals surface area contributed by atoms with Crippen LogP contribution in [0.1, 0.15) is 40.7 Å². The van der Waals surface area contributed by atoms with Gasteiger partial charge in [-0.1, -0.05) is 18.7 Å². The van der Waals surface area contributed by atoms with E-state index in [4.69, 9.17) is 9.15 Å². The third kappa shape index (κ3) is 4.38. The maximum absolute atomic E-state index is 13.7. The van der Waals surface area contributed by atoms with Crippen LogP contribution in [0.3, 0.4) is 0 Å². The Bertz CT molecular complexity index is 1620. The molecule has 3 saturated carbocycles. The number of halogens is 1. The fourth-order valence-electron chi connectivity index (χ4n) is 5.83. The number of amides is 1. The standard InChI is InChI=1S/C32H29FN2O4/c1-18(34-2)29-26-14-25(21-5-4-6-22(11-21)31(37)35-32-15-19(16-32)17-32)23(13-28(36)38-3)12-27(26)39-30(29)20-7-9-24(33)10-8-20/h4-12,14,19,34H,1,13,15-17H2,2-3H3,(H,35,37). The van der Waals surface area contributed by atoms with Gasteiger partial charge < -0.3 is 19.8 Å². The zero-order chi connectivity index (χ0) is 27.3. The lowest BCUT2D eigenvalue weighted by Gasteiger charge is -2.61. The van der Waals surface area contributed by atoms with Crippen LogP contribution in [0, 0.1) is 11.7 Å². The summed E-state index contributed by atoms with van der Waals surface area (Å²) in [6.07, 6.45) is 3.21. The summed E-state index contributed by atoms with van der Waals surface area (Å²) in [5.74, 6) is 0.484. The summed E-state index contributed by atoms with van der Waals surface area (Å²) in [6, 6.07) is 17.3. The second-order valence-corrected chi connectivity index (χ2v) is 10.6. The van der Waals surface area contributed by atoms with Gasteiger partial charge in [0.2, 0.25) is 0 Å². The number of carbonyl (C=O) groups is 2. The molecule has 6 nitrogen and oxygen atoms in total. The molecule has 7 rings (SSSR count). The lowest BCUT2D eigenvalue weighted by molar-refractivity contribution is -0.139. The van der Waals surface area contributed by atoms with Gasteiger partial charge in [-0.2, -0.15) is 0 Å². The Balaban J connectivity index is 1.49. The summed E-state index contributed by atoms with van der Waals surface area (Å²) in [4.78, 5) is 25.5. The van der Waals surface area contributed by atoms with E-state index in [0.29, 0.717) is 33.7 Å². The molecular formula is C32H29FN2O4. The molecule has 0 atom stereocenters. The van der Waals surface area contributed by atoms with Crippen molar-refractivity contribution < 1.29 is 23.1 Å². The molecule has 3 aliphatic rings. The lowest BCUT2D eigenvalue weighted by atomic mass is 9.50. The number of hydrogen-bond donors (Lipinski definition) is 2. The number of fused-ring (bicyclic) bond motifs is 1. The summed E-state index contributed by atoms with van der Waals surface area (Å²) >= 11 is 0. The highest BCUT2D eigenvalue weighted by Gasteiger charge is 2.57. The smallest absolute Gasteiger partial charge is 0.310 e. The number of ether oxygens (including phenoxy) is 1. The van der Waals surface area contributed by atoms with E-state index in [1.54, 1.807) is 19.2 Å². The van der Waals surface area contributed by atoms with Crippen molar-refractivity contribution in [3.63, 3.8) is 0 Å². The van der Waals surface area contributed by atoms with E-state index in [1.165, 1.54) is 19.2 Å². The van der Waals surface area contributed by atoms with Crippen LogP contribution in [0.15, 0.2) is 71.7 Å². The van der Waals surface area contributed by atoms with Crippen LogP contribution in [0.25, 0.3) is 39.1 Å². The quantitative estimate of drug-likeness (QED) is 0.273. The molecule has 4 aromatic rings. The first-order chi connectivity index (χ1) is 18.8. The molecule has 0 spiro atoms. The van der Waals surface area contributed by atoms with Crippen molar-refractivity contribution in [3.8, 4) is 22.5 Å². The Morgan fingerprint density at radius 2 is 1.82 bits per heavy atom.